The Kier molecular flexibility index (Phi) is 6.25. The number of unbranched alkanes of at least 4 members (excludes halogenated alkanes) is 1. The average Bonchev–Trinajstić information content (AvgIpc) is 2.55. The maximum absolute atomic E-state index is 12.4. The summed E-state index contributed by atoms with van der Waals surface area (Å²) < 4.78 is 0. The first-order chi connectivity index (χ1) is 11.0. The van der Waals surface area contributed by atoms with Gasteiger partial charge in [-0.05, 0) is 30.7 Å². The van der Waals surface area contributed by atoms with Gasteiger partial charge in [-0.15, -0.1) is 0 Å². The molecule has 0 radical (unpaired) electrons. The average molecular weight is 352 g/mol. The zero-order valence-electron chi connectivity index (χ0n) is 13.1. The Morgan fingerprint density at radius 1 is 1.26 bits per heavy atom. The summed E-state index contributed by atoms with van der Waals surface area (Å²) in [6.07, 6.45) is 3.60. The molecule has 1 N–H and O–H groups in total. The third kappa shape index (κ3) is 4.60. The highest BCUT2D eigenvalue weighted by molar-refractivity contribution is 6.39. The number of hydrogen-bond donors (Lipinski definition) is 1. The highest BCUT2D eigenvalue weighted by Gasteiger charge is 2.14. The normalized spacial score (nSPS) is 10.4. The van der Waals surface area contributed by atoms with Crippen LogP contribution in [0.5, 0.6) is 0 Å². The highest BCUT2D eigenvalue weighted by Crippen LogP contribution is 2.32. The van der Waals surface area contributed by atoms with Gasteiger partial charge in [-0.2, -0.15) is 0 Å². The second kappa shape index (κ2) is 8.18. The number of carbonyl (C=O) groups excluding carboxylic acids is 1. The van der Waals surface area contributed by atoms with Crippen LogP contribution in [0.2, 0.25) is 10.0 Å². The van der Waals surface area contributed by atoms with E-state index in [0.717, 1.165) is 12.8 Å². The number of nitrogens with zero attached hydrogens (tertiary/aromatic N) is 2. The van der Waals surface area contributed by atoms with E-state index in [1.807, 2.05) is 0 Å². The lowest BCUT2D eigenvalue weighted by molar-refractivity contribution is 0.0787. The van der Waals surface area contributed by atoms with Crippen LogP contribution in [0.25, 0.3) is 0 Å². The number of amides is 1. The van der Waals surface area contributed by atoms with E-state index in [9.17, 15) is 4.79 Å². The van der Waals surface area contributed by atoms with Crippen LogP contribution in [0.3, 0.4) is 0 Å². The smallest absolute Gasteiger partial charge is 0.272 e. The number of anilines is 2. The molecule has 122 valence electrons. The third-order valence-corrected chi connectivity index (χ3v) is 4.03. The van der Waals surface area contributed by atoms with Gasteiger partial charge in [0.2, 0.25) is 0 Å². The van der Waals surface area contributed by atoms with Crippen LogP contribution in [0.15, 0.2) is 36.5 Å². The van der Waals surface area contributed by atoms with Gasteiger partial charge >= 0.3 is 0 Å². The van der Waals surface area contributed by atoms with E-state index in [-0.39, 0.29) is 5.91 Å². The lowest BCUT2D eigenvalue weighted by atomic mass is 10.2. The molecule has 2 rings (SSSR count). The molecule has 6 heteroatoms. The predicted octanol–water partition coefficient (Wildman–Crippen LogP) is 5.00. The van der Waals surface area contributed by atoms with Crippen molar-refractivity contribution in [2.24, 2.45) is 0 Å². The molecule has 1 aromatic carbocycles. The number of benzene rings is 1. The van der Waals surface area contributed by atoms with Crippen molar-refractivity contribution in [3.05, 3.63) is 52.3 Å². The van der Waals surface area contributed by atoms with Crippen LogP contribution in [-0.2, 0) is 0 Å². The summed E-state index contributed by atoms with van der Waals surface area (Å²) in [6, 6.07) is 8.75. The number of hydrogen-bond acceptors (Lipinski definition) is 3. The van der Waals surface area contributed by atoms with Crippen LogP contribution >= 0.6 is 23.2 Å². The van der Waals surface area contributed by atoms with Gasteiger partial charge in [0, 0.05) is 25.5 Å². The molecule has 1 heterocycles. The van der Waals surface area contributed by atoms with E-state index in [2.05, 4.69) is 17.2 Å². The number of halogens is 2. The Bertz CT molecular complexity index is 671. The highest BCUT2D eigenvalue weighted by atomic mass is 35.5. The molecule has 0 aliphatic heterocycles. The standard InChI is InChI=1S/C17H19Cl2N3O/c1-3-4-10-22(2)17(23)15-11-12(8-9-20-15)21-16-13(18)6-5-7-14(16)19/h5-9,11H,3-4,10H2,1-2H3,(H,20,21). The summed E-state index contributed by atoms with van der Waals surface area (Å²) in [4.78, 5) is 18.2. The number of rotatable bonds is 6. The summed E-state index contributed by atoms with van der Waals surface area (Å²) in [7, 11) is 1.78. The van der Waals surface area contributed by atoms with E-state index in [1.165, 1.54) is 0 Å². The number of nitrogens with one attached hydrogen (secondary N) is 1. The molecule has 0 atom stereocenters. The van der Waals surface area contributed by atoms with Crippen molar-refractivity contribution in [2.75, 3.05) is 18.9 Å². The molecule has 0 fully saturated rings. The van der Waals surface area contributed by atoms with E-state index >= 15 is 0 Å². The van der Waals surface area contributed by atoms with E-state index in [1.54, 1.807) is 48.5 Å². The van der Waals surface area contributed by atoms with Crippen molar-refractivity contribution < 1.29 is 4.79 Å². The van der Waals surface area contributed by atoms with Gasteiger partial charge in [0.1, 0.15) is 5.69 Å². The van der Waals surface area contributed by atoms with Gasteiger partial charge in [0.05, 0.1) is 15.7 Å². The molecule has 1 amide bonds. The quantitative estimate of drug-likeness (QED) is 0.795. The van der Waals surface area contributed by atoms with E-state index in [4.69, 9.17) is 23.2 Å². The van der Waals surface area contributed by atoms with Gasteiger partial charge < -0.3 is 10.2 Å². The topological polar surface area (TPSA) is 45.2 Å². The first kappa shape index (κ1) is 17.6. The number of para-hydroxylation sites is 1. The van der Waals surface area contributed by atoms with Crippen molar-refractivity contribution in [1.29, 1.82) is 0 Å². The van der Waals surface area contributed by atoms with Crippen LogP contribution in [0.1, 0.15) is 30.3 Å². The zero-order valence-corrected chi connectivity index (χ0v) is 14.7. The maximum atomic E-state index is 12.4. The fourth-order valence-corrected chi connectivity index (χ4v) is 2.57. The van der Waals surface area contributed by atoms with Gasteiger partial charge in [-0.1, -0.05) is 42.6 Å². The molecule has 0 spiro atoms. The van der Waals surface area contributed by atoms with Crippen LogP contribution in [-0.4, -0.2) is 29.4 Å². The van der Waals surface area contributed by atoms with Crippen molar-refractivity contribution in [1.82, 2.24) is 9.88 Å². The second-order valence-corrected chi connectivity index (χ2v) is 6.05. The molecule has 0 saturated heterocycles. The zero-order chi connectivity index (χ0) is 16.8. The molecule has 1 aromatic heterocycles. The Hall–Kier alpha value is -1.78. The van der Waals surface area contributed by atoms with E-state index in [0.29, 0.717) is 33.7 Å². The fraction of sp³-hybridized carbons (Fsp3) is 0.294. The summed E-state index contributed by atoms with van der Waals surface area (Å²) in [5.74, 6) is -0.104. The van der Waals surface area contributed by atoms with Gasteiger partial charge in [-0.25, -0.2) is 0 Å². The molecule has 0 unspecified atom stereocenters. The largest absolute Gasteiger partial charge is 0.353 e. The SMILES string of the molecule is CCCCN(C)C(=O)c1cc(Nc2c(Cl)cccc2Cl)ccn1. The van der Waals surface area contributed by atoms with Crippen LogP contribution in [0.4, 0.5) is 11.4 Å². The minimum absolute atomic E-state index is 0.104. The molecule has 4 nitrogen and oxygen atoms in total. The summed E-state index contributed by atoms with van der Waals surface area (Å²) in [6.45, 7) is 2.81. The summed E-state index contributed by atoms with van der Waals surface area (Å²) >= 11 is 12.3. The van der Waals surface area contributed by atoms with Crippen LogP contribution in [0, 0.1) is 0 Å². The van der Waals surface area contributed by atoms with Crippen molar-refractivity contribution in [3.63, 3.8) is 0 Å². The van der Waals surface area contributed by atoms with Crippen LogP contribution < -0.4 is 5.32 Å². The molecule has 0 aliphatic carbocycles. The van der Waals surface area contributed by atoms with Gasteiger partial charge in [0.15, 0.2) is 0 Å². The van der Waals surface area contributed by atoms with E-state index < -0.39 is 0 Å². The van der Waals surface area contributed by atoms with Crippen molar-refractivity contribution in [3.8, 4) is 0 Å². The van der Waals surface area contributed by atoms with Crippen molar-refractivity contribution >= 4 is 40.5 Å². The fourth-order valence-electron chi connectivity index (χ4n) is 2.08. The molecular formula is C17H19Cl2N3O. The maximum Gasteiger partial charge on any atom is 0.272 e. The first-order valence-corrected chi connectivity index (χ1v) is 8.21. The summed E-state index contributed by atoms with van der Waals surface area (Å²) in [5.41, 5.74) is 1.71. The first-order valence-electron chi connectivity index (χ1n) is 7.45. The lowest BCUT2D eigenvalue weighted by Gasteiger charge is -2.17. The Balaban J connectivity index is 2.18. The molecule has 0 bridgehead atoms. The molecule has 2 aromatic rings. The van der Waals surface area contributed by atoms with Gasteiger partial charge in [0.25, 0.3) is 5.91 Å². The lowest BCUT2D eigenvalue weighted by Crippen LogP contribution is -2.28. The number of carbonyl (C=O) groups is 1. The van der Waals surface area contributed by atoms with Crippen molar-refractivity contribution in [2.45, 2.75) is 19.8 Å². The number of pyridine rings is 1. The Labute approximate surface area is 146 Å². The monoisotopic (exact) mass is 351 g/mol. The Morgan fingerprint density at radius 3 is 2.61 bits per heavy atom. The summed E-state index contributed by atoms with van der Waals surface area (Å²) in [5, 5.41) is 4.18. The Morgan fingerprint density at radius 2 is 1.96 bits per heavy atom. The molecular weight excluding hydrogens is 333 g/mol. The minimum Gasteiger partial charge on any atom is -0.353 e. The number of aromatic nitrogens is 1. The molecule has 0 saturated carbocycles. The molecule has 23 heavy (non-hydrogen) atoms. The molecule has 0 aliphatic rings. The van der Waals surface area contributed by atoms with Gasteiger partial charge in [-0.3, -0.25) is 9.78 Å². The minimum atomic E-state index is -0.104. The second-order valence-electron chi connectivity index (χ2n) is 5.23. The third-order valence-electron chi connectivity index (χ3n) is 3.40. The predicted molar refractivity (Wildman–Crippen MR) is 95.9 cm³/mol.